The second-order valence-electron chi connectivity index (χ2n) is 4.92. The molecule has 3 nitrogen and oxygen atoms in total. The molecule has 0 radical (unpaired) electrons. The van der Waals surface area contributed by atoms with Crippen molar-refractivity contribution >= 4 is 5.69 Å². The molecule has 0 fully saturated rings. The summed E-state index contributed by atoms with van der Waals surface area (Å²) in [6, 6.07) is 15.7. The van der Waals surface area contributed by atoms with E-state index in [0.717, 1.165) is 18.8 Å². The largest absolute Gasteiger partial charge is 0.507 e. The van der Waals surface area contributed by atoms with E-state index in [9.17, 15) is 10.2 Å². The minimum Gasteiger partial charge on any atom is -0.507 e. The molecule has 106 valence electrons. The van der Waals surface area contributed by atoms with E-state index in [1.807, 2.05) is 24.3 Å². The molecule has 0 aromatic heterocycles. The molecule has 20 heavy (non-hydrogen) atoms. The van der Waals surface area contributed by atoms with Crippen LogP contribution in [-0.4, -0.2) is 16.8 Å². The number of anilines is 1. The molecule has 2 aromatic rings. The molecule has 0 aliphatic heterocycles. The topological polar surface area (TPSA) is 43.7 Å². The van der Waals surface area contributed by atoms with Gasteiger partial charge in [0, 0.05) is 30.4 Å². The van der Waals surface area contributed by atoms with Gasteiger partial charge in [0.05, 0.1) is 6.10 Å². The zero-order valence-corrected chi connectivity index (χ0v) is 12.0. The van der Waals surface area contributed by atoms with E-state index in [4.69, 9.17) is 0 Å². The first-order valence-electron chi connectivity index (χ1n) is 6.91. The van der Waals surface area contributed by atoms with Gasteiger partial charge in [-0.3, -0.25) is 0 Å². The summed E-state index contributed by atoms with van der Waals surface area (Å²) in [5.41, 5.74) is 2.75. The van der Waals surface area contributed by atoms with E-state index < -0.39 is 6.10 Å². The number of rotatable bonds is 5. The zero-order valence-electron chi connectivity index (χ0n) is 12.0. The average molecular weight is 271 g/mol. The van der Waals surface area contributed by atoms with Crippen LogP contribution < -0.4 is 4.90 Å². The van der Waals surface area contributed by atoms with Crippen LogP contribution in [0.5, 0.6) is 5.75 Å². The van der Waals surface area contributed by atoms with Gasteiger partial charge in [0.2, 0.25) is 0 Å². The molecular weight excluding hydrogens is 250 g/mol. The molecular formula is C17H21NO2. The van der Waals surface area contributed by atoms with Crippen molar-refractivity contribution < 1.29 is 10.2 Å². The number of hydrogen-bond acceptors (Lipinski definition) is 3. The van der Waals surface area contributed by atoms with Gasteiger partial charge in [0.25, 0.3) is 0 Å². The van der Waals surface area contributed by atoms with Crippen molar-refractivity contribution in [1.29, 1.82) is 0 Å². The van der Waals surface area contributed by atoms with Crippen molar-refractivity contribution in [3.8, 4) is 5.75 Å². The zero-order chi connectivity index (χ0) is 14.5. The third-order valence-corrected chi connectivity index (χ3v) is 3.43. The van der Waals surface area contributed by atoms with Crippen LogP contribution in [0, 0.1) is 0 Å². The molecule has 0 spiro atoms. The average Bonchev–Trinajstić information content (AvgIpc) is 2.45. The van der Waals surface area contributed by atoms with Crippen molar-refractivity contribution in [1.82, 2.24) is 0 Å². The van der Waals surface area contributed by atoms with Crippen LogP contribution in [-0.2, 0) is 6.54 Å². The Morgan fingerprint density at radius 2 is 1.80 bits per heavy atom. The van der Waals surface area contributed by atoms with Crippen LogP contribution in [0.2, 0.25) is 0 Å². The maximum absolute atomic E-state index is 9.99. The summed E-state index contributed by atoms with van der Waals surface area (Å²) in [5, 5.41) is 19.5. The first kappa shape index (κ1) is 14.4. The standard InChI is InChI=1S/C17H21NO2/c1-3-18(12-14-7-5-4-6-8-14)15-9-10-16(13(2)19)17(20)11-15/h4-11,13,19-20H,3,12H2,1-2H3. The number of phenolic OH excluding ortho intramolecular Hbond substituents is 1. The van der Waals surface area contributed by atoms with Crippen molar-refractivity contribution in [2.24, 2.45) is 0 Å². The van der Waals surface area contributed by atoms with Gasteiger partial charge in [0.15, 0.2) is 0 Å². The van der Waals surface area contributed by atoms with E-state index in [1.54, 1.807) is 19.1 Å². The number of aromatic hydroxyl groups is 1. The lowest BCUT2D eigenvalue weighted by atomic mass is 10.1. The van der Waals surface area contributed by atoms with E-state index in [0.29, 0.717) is 5.56 Å². The summed E-state index contributed by atoms with van der Waals surface area (Å²) >= 11 is 0. The molecule has 0 bridgehead atoms. The summed E-state index contributed by atoms with van der Waals surface area (Å²) in [6.07, 6.45) is -0.659. The Hall–Kier alpha value is -2.00. The normalized spacial score (nSPS) is 12.2. The van der Waals surface area contributed by atoms with E-state index >= 15 is 0 Å². The summed E-state index contributed by atoms with van der Waals surface area (Å²) in [6.45, 7) is 5.38. The lowest BCUT2D eigenvalue weighted by Gasteiger charge is -2.24. The highest BCUT2D eigenvalue weighted by Crippen LogP contribution is 2.29. The molecule has 0 aliphatic carbocycles. The molecule has 1 atom stereocenters. The van der Waals surface area contributed by atoms with Crippen molar-refractivity contribution in [2.45, 2.75) is 26.5 Å². The van der Waals surface area contributed by atoms with Crippen molar-refractivity contribution in [2.75, 3.05) is 11.4 Å². The molecule has 3 heteroatoms. The SMILES string of the molecule is CCN(Cc1ccccc1)c1ccc(C(C)O)c(O)c1. The quantitative estimate of drug-likeness (QED) is 0.875. The molecule has 2 aromatic carbocycles. The van der Waals surface area contributed by atoms with Crippen LogP contribution in [0.15, 0.2) is 48.5 Å². The first-order valence-corrected chi connectivity index (χ1v) is 6.91. The third-order valence-electron chi connectivity index (χ3n) is 3.43. The summed E-state index contributed by atoms with van der Waals surface area (Å²) in [5.74, 6) is 0.143. The predicted octanol–water partition coefficient (Wildman–Crippen LogP) is 3.47. The van der Waals surface area contributed by atoms with Gasteiger partial charge in [-0.1, -0.05) is 36.4 Å². The minimum absolute atomic E-state index is 0.143. The lowest BCUT2D eigenvalue weighted by molar-refractivity contribution is 0.195. The van der Waals surface area contributed by atoms with Crippen molar-refractivity contribution in [3.05, 3.63) is 59.7 Å². The molecule has 2 rings (SSSR count). The van der Waals surface area contributed by atoms with Crippen LogP contribution in [0.25, 0.3) is 0 Å². The smallest absolute Gasteiger partial charge is 0.123 e. The fourth-order valence-corrected chi connectivity index (χ4v) is 2.27. The highest BCUT2D eigenvalue weighted by molar-refractivity contribution is 5.54. The van der Waals surface area contributed by atoms with Crippen LogP contribution in [0.4, 0.5) is 5.69 Å². The fraction of sp³-hybridized carbons (Fsp3) is 0.294. The molecule has 2 N–H and O–H groups in total. The number of aliphatic hydroxyl groups is 1. The van der Waals surface area contributed by atoms with Gasteiger partial charge in [-0.2, -0.15) is 0 Å². The Bertz CT molecular complexity index is 552. The molecule has 0 saturated carbocycles. The Morgan fingerprint density at radius 3 is 2.35 bits per heavy atom. The molecule has 0 saturated heterocycles. The Morgan fingerprint density at radius 1 is 1.10 bits per heavy atom. The third kappa shape index (κ3) is 3.31. The second kappa shape index (κ2) is 6.44. The predicted molar refractivity (Wildman–Crippen MR) is 81.9 cm³/mol. The summed E-state index contributed by atoms with van der Waals surface area (Å²) in [7, 11) is 0. The van der Waals surface area contributed by atoms with Crippen molar-refractivity contribution in [3.63, 3.8) is 0 Å². The highest BCUT2D eigenvalue weighted by atomic mass is 16.3. The molecule has 1 unspecified atom stereocenters. The first-order chi connectivity index (χ1) is 9.61. The van der Waals surface area contributed by atoms with Gasteiger partial charge >= 0.3 is 0 Å². The van der Waals surface area contributed by atoms with Gasteiger partial charge in [-0.15, -0.1) is 0 Å². The Balaban J connectivity index is 2.22. The lowest BCUT2D eigenvalue weighted by Crippen LogP contribution is -2.21. The Kier molecular flexibility index (Phi) is 4.64. The van der Waals surface area contributed by atoms with Gasteiger partial charge in [-0.25, -0.2) is 0 Å². The molecule has 0 amide bonds. The highest BCUT2D eigenvalue weighted by Gasteiger charge is 2.11. The molecule has 0 heterocycles. The van der Waals surface area contributed by atoms with E-state index in [1.165, 1.54) is 5.56 Å². The number of hydrogen-bond donors (Lipinski definition) is 2. The van der Waals surface area contributed by atoms with E-state index in [2.05, 4.69) is 24.0 Å². The fourth-order valence-electron chi connectivity index (χ4n) is 2.27. The Labute approximate surface area is 120 Å². The van der Waals surface area contributed by atoms with Crippen LogP contribution in [0.3, 0.4) is 0 Å². The summed E-state index contributed by atoms with van der Waals surface area (Å²) in [4.78, 5) is 2.18. The number of benzene rings is 2. The second-order valence-corrected chi connectivity index (χ2v) is 4.92. The monoisotopic (exact) mass is 271 g/mol. The van der Waals surface area contributed by atoms with Crippen LogP contribution in [0.1, 0.15) is 31.1 Å². The van der Waals surface area contributed by atoms with Gasteiger partial charge < -0.3 is 15.1 Å². The summed E-state index contributed by atoms with van der Waals surface area (Å²) < 4.78 is 0. The number of phenols is 1. The maximum Gasteiger partial charge on any atom is 0.123 e. The van der Waals surface area contributed by atoms with Gasteiger partial charge in [-0.05, 0) is 25.5 Å². The van der Waals surface area contributed by atoms with Crippen LogP contribution >= 0.6 is 0 Å². The minimum atomic E-state index is -0.659. The van der Waals surface area contributed by atoms with Gasteiger partial charge in [0.1, 0.15) is 5.75 Å². The molecule has 0 aliphatic rings. The van der Waals surface area contributed by atoms with E-state index in [-0.39, 0.29) is 5.75 Å². The number of aliphatic hydroxyl groups excluding tert-OH is 1. The number of nitrogens with zero attached hydrogens (tertiary/aromatic N) is 1. The maximum atomic E-state index is 9.99.